The first-order valence-electron chi connectivity index (χ1n) is 5.65. The Morgan fingerprint density at radius 1 is 1.25 bits per heavy atom. The first-order chi connectivity index (χ1) is 9.63. The Kier molecular flexibility index (Phi) is 3.61. The number of carbonyl (C=O) groups excluding carboxylic acids is 1. The van der Waals surface area contributed by atoms with Crippen LogP contribution in [0.3, 0.4) is 0 Å². The van der Waals surface area contributed by atoms with Gasteiger partial charge in [-0.3, -0.25) is 0 Å². The van der Waals surface area contributed by atoms with Gasteiger partial charge in [-0.05, 0) is 35.2 Å². The minimum Gasteiger partial charge on any atom is -0.401 e. The molecule has 1 aromatic heterocycles. The SMILES string of the molecule is O=C1OC(c2cccs2)=N/C1=C/c1ccc(Cl)cc1Cl. The number of benzene rings is 1. The Labute approximate surface area is 129 Å². The molecule has 2 heterocycles. The Bertz CT molecular complexity index is 736. The van der Waals surface area contributed by atoms with Crippen LogP contribution in [0.2, 0.25) is 10.0 Å². The van der Waals surface area contributed by atoms with Gasteiger partial charge >= 0.3 is 5.97 Å². The molecule has 0 spiro atoms. The fourth-order valence-corrected chi connectivity index (χ4v) is 2.79. The molecule has 20 heavy (non-hydrogen) atoms. The molecule has 0 aliphatic carbocycles. The van der Waals surface area contributed by atoms with Crippen LogP contribution in [0.15, 0.2) is 46.4 Å². The van der Waals surface area contributed by atoms with Crippen LogP contribution in [0.5, 0.6) is 0 Å². The van der Waals surface area contributed by atoms with E-state index in [1.807, 2.05) is 17.5 Å². The molecule has 1 aliphatic heterocycles. The van der Waals surface area contributed by atoms with Gasteiger partial charge in [0.2, 0.25) is 5.90 Å². The second-order valence-electron chi connectivity index (χ2n) is 3.98. The van der Waals surface area contributed by atoms with Crippen molar-refractivity contribution in [1.82, 2.24) is 0 Å². The predicted molar refractivity (Wildman–Crippen MR) is 81.4 cm³/mol. The lowest BCUT2D eigenvalue weighted by Crippen LogP contribution is -2.03. The number of esters is 1. The highest BCUT2D eigenvalue weighted by molar-refractivity contribution is 7.12. The number of cyclic esters (lactones) is 1. The average molecular weight is 324 g/mol. The smallest absolute Gasteiger partial charge is 0.363 e. The maximum Gasteiger partial charge on any atom is 0.363 e. The highest BCUT2D eigenvalue weighted by atomic mass is 35.5. The van der Waals surface area contributed by atoms with Crippen LogP contribution in [-0.2, 0) is 9.53 Å². The van der Waals surface area contributed by atoms with Crippen molar-refractivity contribution in [2.75, 3.05) is 0 Å². The topological polar surface area (TPSA) is 38.7 Å². The van der Waals surface area contributed by atoms with Crippen LogP contribution in [-0.4, -0.2) is 11.9 Å². The molecular weight excluding hydrogens is 317 g/mol. The number of aliphatic imine (C=N–C) groups is 1. The summed E-state index contributed by atoms with van der Waals surface area (Å²) in [5, 5.41) is 2.88. The maximum atomic E-state index is 11.8. The van der Waals surface area contributed by atoms with E-state index in [-0.39, 0.29) is 5.70 Å². The van der Waals surface area contributed by atoms with E-state index < -0.39 is 5.97 Å². The van der Waals surface area contributed by atoms with Gasteiger partial charge in [0, 0.05) is 10.0 Å². The number of carbonyl (C=O) groups is 1. The highest BCUT2D eigenvalue weighted by Gasteiger charge is 2.24. The first kappa shape index (κ1) is 13.4. The molecule has 1 aromatic carbocycles. The van der Waals surface area contributed by atoms with Crippen molar-refractivity contribution in [1.29, 1.82) is 0 Å². The zero-order valence-corrected chi connectivity index (χ0v) is 12.3. The second kappa shape index (κ2) is 5.40. The Morgan fingerprint density at radius 2 is 2.10 bits per heavy atom. The molecule has 100 valence electrons. The van der Waals surface area contributed by atoms with Crippen LogP contribution >= 0.6 is 34.5 Å². The zero-order valence-electron chi connectivity index (χ0n) is 9.97. The molecule has 0 fully saturated rings. The number of rotatable bonds is 2. The molecule has 0 unspecified atom stereocenters. The number of halogens is 2. The van der Waals surface area contributed by atoms with Crippen molar-refractivity contribution >= 4 is 52.5 Å². The monoisotopic (exact) mass is 323 g/mol. The quantitative estimate of drug-likeness (QED) is 0.607. The van der Waals surface area contributed by atoms with Crippen molar-refractivity contribution in [3.63, 3.8) is 0 Å². The van der Waals surface area contributed by atoms with Gasteiger partial charge in [-0.15, -0.1) is 11.3 Å². The summed E-state index contributed by atoms with van der Waals surface area (Å²) >= 11 is 13.4. The number of ether oxygens (including phenoxy) is 1. The summed E-state index contributed by atoms with van der Waals surface area (Å²) in [5.74, 6) is -0.166. The zero-order chi connectivity index (χ0) is 14.1. The molecule has 0 saturated carbocycles. The molecule has 3 nitrogen and oxygen atoms in total. The Morgan fingerprint density at radius 3 is 2.80 bits per heavy atom. The van der Waals surface area contributed by atoms with E-state index in [2.05, 4.69) is 4.99 Å². The van der Waals surface area contributed by atoms with Gasteiger partial charge in [-0.2, -0.15) is 0 Å². The minimum absolute atomic E-state index is 0.220. The van der Waals surface area contributed by atoms with Crippen LogP contribution in [0.4, 0.5) is 0 Å². The summed E-state index contributed by atoms with van der Waals surface area (Å²) < 4.78 is 5.14. The lowest BCUT2D eigenvalue weighted by Gasteiger charge is -1.98. The van der Waals surface area contributed by atoms with Crippen molar-refractivity contribution in [2.24, 2.45) is 4.99 Å². The van der Waals surface area contributed by atoms with Gasteiger partial charge < -0.3 is 4.74 Å². The fraction of sp³-hybridized carbons (Fsp3) is 0. The summed E-state index contributed by atoms with van der Waals surface area (Å²) in [4.78, 5) is 16.8. The number of thiophene rings is 1. The number of hydrogen-bond acceptors (Lipinski definition) is 4. The summed E-state index contributed by atoms with van der Waals surface area (Å²) in [6, 6.07) is 8.75. The van der Waals surface area contributed by atoms with E-state index in [1.165, 1.54) is 11.3 Å². The summed E-state index contributed by atoms with van der Waals surface area (Å²) in [7, 11) is 0. The molecule has 0 atom stereocenters. The lowest BCUT2D eigenvalue weighted by molar-refractivity contribution is -0.129. The minimum atomic E-state index is -0.487. The van der Waals surface area contributed by atoms with Crippen molar-refractivity contribution < 1.29 is 9.53 Å². The predicted octanol–water partition coefficient (Wildman–Crippen LogP) is 4.40. The molecule has 0 amide bonds. The largest absolute Gasteiger partial charge is 0.401 e. The van der Waals surface area contributed by atoms with E-state index in [0.29, 0.717) is 21.5 Å². The molecule has 0 radical (unpaired) electrons. The molecule has 0 saturated heterocycles. The van der Waals surface area contributed by atoms with Crippen LogP contribution in [0.25, 0.3) is 6.08 Å². The van der Waals surface area contributed by atoms with Gasteiger partial charge in [0.15, 0.2) is 5.70 Å². The third-order valence-electron chi connectivity index (χ3n) is 2.61. The van der Waals surface area contributed by atoms with E-state index in [1.54, 1.807) is 24.3 Å². The third-order valence-corrected chi connectivity index (χ3v) is 4.03. The molecule has 0 bridgehead atoms. The third kappa shape index (κ3) is 2.63. The van der Waals surface area contributed by atoms with Crippen LogP contribution in [0.1, 0.15) is 10.4 Å². The van der Waals surface area contributed by atoms with Crippen LogP contribution < -0.4 is 0 Å². The second-order valence-corrected chi connectivity index (χ2v) is 5.77. The molecular formula is C14H7Cl2NO2S. The maximum absolute atomic E-state index is 11.8. The van der Waals surface area contributed by atoms with E-state index in [9.17, 15) is 4.79 Å². The summed E-state index contributed by atoms with van der Waals surface area (Å²) in [6.07, 6.45) is 1.58. The van der Waals surface area contributed by atoms with Gasteiger partial charge in [0.05, 0.1) is 4.88 Å². The first-order valence-corrected chi connectivity index (χ1v) is 7.28. The normalized spacial score (nSPS) is 16.4. The Hall–Kier alpha value is -1.62. The standard InChI is InChI=1S/C14H7Cl2NO2S/c15-9-4-3-8(10(16)7-9)6-11-14(18)19-13(17-11)12-2-1-5-20-12/h1-7H/b11-6+. The average Bonchev–Trinajstić information content (AvgIpc) is 3.03. The molecule has 3 rings (SSSR count). The van der Waals surface area contributed by atoms with Crippen molar-refractivity contribution in [3.8, 4) is 0 Å². The molecule has 1 aliphatic rings. The van der Waals surface area contributed by atoms with Gasteiger partial charge in [0.1, 0.15) is 0 Å². The fourth-order valence-electron chi connectivity index (χ4n) is 1.68. The molecule has 2 aromatic rings. The van der Waals surface area contributed by atoms with Gasteiger partial charge in [-0.1, -0.05) is 35.3 Å². The number of hydrogen-bond donors (Lipinski definition) is 0. The molecule has 6 heteroatoms. The van der Waals surface area contributed by atoms with E-state index in [4.69, 9.17) is 27.9 Å². The summed E-state index contributed by atoms with van der Waals surface area (Å²) in [5.41, 5.74) is 0.886. The lowest BCUT2D eigenvalue weighted by atomic mass is 10.2. The highest BCUT2D eigenvalue weighted by Crippen LogP contribution is 2.26. The Balaban J connectivity index is 1.97. The number of nitrogens with zero attached hydrogens (tertiary/aromatic N) is 1. The van der Waals surface area contributed by atoms with Gasteiger partial charge in [0.25, 0.3) is 0 Å². The van der Waals surface area contributed by atoms with Crippen molar-refractivity contribution in [2.45, 2.75) is 0 Å². The van der Waals surface area contributed by atoms with E-state index in [0.717, 1.165) is 4.88 Å². The molecule has 0 N–H and O–H groups in total. The van der Waals surface area contributed by atoms with Gasteiger partial charge in [-0.25, -0.2) is 9.79 Å². The van der Waals surface area contributed by atoms with Crippen LogP contribution in [0, 0.1) is 0 Å². The van der Waals surface area contributed by atoms with E-state index >= 15 is 0 Å². The summed E-state index contributed by atoms with van der Waals surface area (Å²) in [6.45, 7) is 0. The van der Waals surface area contributed by atoms with Crippen molar-refractivity contribution in [3.05, 3.63) is 61.9 Å².